The second-order valence-electron chi connectivity index (χ2n) is 5.86. The minimum Gasteiger partial charge on any atom is -0.376 e. The first-order chi connectivity index (χ1) is 10.6. The van der Waals surface area contributed by atoms with E-state index >= 15 is 0 Å². The van der Waals surface area contributed by atoms with Gasteiger partial charge in [-0.15, -0.1) is 11.3 Å². The molecule has 0 spiro atoms. The van der Waals surface area contributed by atoms with Crippen LogP contribution in [0.1, 0.15) is 37.6 Å². The Morgan fingerprint density at radius 2 is 2.36 bits per heavy atom. The highest BCUT2D eigenvalue weighted by Gasteiger charge is 2.16. The zero-order valence-corrected chi connectivity index (χ0v) is 13.7. The molecular formula is C16H21N3O2S. The van der Waals surface area contributed by atoms with Crippen molar-refractivity contribution in [2.45, 2.75) is 38.7 Å². The molecule has 0 radical (unpaired) electrons. The van der Waals surface area contributed by atoms with Gasteiger partial charge in [0.15, 0.2) is 0 Å². The highest BCUT2D eigenvalue weighted by molar-refractivity contribution is 7.18. The maximum atomic E-state index is 11.9. The number of ether oxygens (including phenoxy) is 1. The number of aromatic nitrogens is 1. The van der Waals surface area contributed by atoms with Gasteiger partial charge in [0.2, 0.25) is 0 Å². The van der Waals surface area contributed by atoms with E-state index in [1.165, 1.54) is 0 Å². The lowest BCUT2D eigenvalue weighted by Gasteiger charge is -2.11. The number of hydrogen-bond donors (Lipinski definition) is 2. The van der Waals surface area contributed by atoms with Gasteiger partial charge in [0.05, 0.1) is 21.3 Å². The van der Waals surface area contributed by atoms with E-state index in [-0.39, 0.29) is 12.1 Å². The number of urea groups is 1. The Balaban J connectivity index is 1.61. The van der Waals surface area contributed by atoms with Crippen molar-refractivity contribution < 1.29 is 9.53 Å². The summed E-state index contributed by atoms with van der Waals surface area (Å²) in [6.45, 7) is 5.63. The first kappa shape index (κ1) is 15.2. The van der Waals surface area contributed by atoms with E-state index < -0.39 is 0 Å². The van der Waals surface area contributed by atoms with Gasteiger partial charge in [-0.25, -0.2) is 9.78 Å². The van der Waals surface area contributed by atoms with Crippen LogP contribution in [0.4, 0.5) is 10.5 Å². The first-order valence-corrected chi connectivity index (χ1v) is 8.50. The number of nitrogens with zero attached hydrogens (tertiary/aromatic N) is 1. The van der Waals surface area contributed by atoms with E-state index in [2.05, 4.69) is 29.5 Å². The van der Waals surface area contributed by atoms with Gasteiger partial charge in [-0.2, -0.15) is 0 Å². The van der Waals surface area contributed by atoms with Gasteiger partial charge in [-0.3, -0.25) is 0 Å². The molecule has 2 aromatic rings. The van der Waals surface area contributed by atoms with E-state index in [1.54, 1.807) is 11.3 Å². The molecule has 0 bridgehead atoms. The molecule has 1 saturated heterocycles. The lowest BCUT2D eigenvalue weighted by molar-refractivity contribution is 0.112. The van der Waals surface area contributed by atoms with E-state index in [0.717, 1.165) is 40.4 Å². The summed E-state index contributed by atoms with van der Waals surface area (Å²) < 4.78 is 6.59. The van der Waals surface area contributed by atoms with Crippen molar-refractivity contribution in [3.05, 3.63) is 23.2 Å². The fourth-order valence-electron chi connectivity index (χ4n) is 2.45. The van der Waals surface area contributed by atoms with Crippen molar-refractivity contribution in [3.8, 4) is 0 Å². The van der Waals surface area contributed by atoms with Crippen molar-refractivity contribution >= 4 is 33.3 Å². The lowest BCUT2D eigenvalue weighted by Crippen LogP contribution is -2.34. The molecule has 2 amide bonds. The smallest absolute Gasteiger partial charge is 0.319 e. The molecule has 0 saturated carbocycles. The van der Waals surface area contributed by atoms with Gasteiger partial charge >= 0.3 is 6.03 Å². The van der Waals surface area contributed by atoms with Crippen molar-refractivity contribution in [1.82, 2.24) is 10.3 Å². The molecule has 2 N–H and O–H groups in total. The summed E-state index contributed by atoms with van der Waals surface area (Å²) in [4.78, 5) is 16.5. The number of fused-ring (bicyclic) bond motifs is 1. The van der Waals surface area contributed by atoms with Crippen LogP contribution in [0.5, 0.6) is 0 Å². The molecule has 1 aromatic heterocycles. The normalized spacial score (nSPS) is 18.0. The topological polar surface area (TPSA) is 63.2 Å². The van der Waals surface area contributed by atoms with Gasteiger partial charge in [0.1, 0.15) is 0 Å². The van der Waals surface area contributed by atoms with Crippen molar-refractivity contribution in [1.29, 1.82) is 0 Å². The molecule has 1 aliphatic heterocycles. The fourth-order valence-corrected chi connectivity index (χ4v) is 3.46. The third-order valence-electron chi connectivity index (χ3n) is 3.67. The van der Waals surface area contributed by atoms with Crippen LogP contribution in [0.3, 0.4) is 0 Å². The lowest BCUT2D eigenvalue weighted by atomic mass is 10.2. The van der Waals surface area contributed by atoms with E-state index in [1.807, 2.05) is 18.2 Å². The van der Waals surface area contributed by atoms with Gasteiger partial charge in [0, 0.05) is 24.8 Å². The molecule has 118 valence electrons. The molecule has 22 heavy (non-hydrogen) atoms. The highest BCUT2D eigenvalue weighted by Crippen LogP contribution is 2.29. The molecule has 6 heteroatoms. The van der Waals surface area contributed by atoms with E-state index in [9.17, 15) is 4.79 Å². The number of carbonyl (C=O) groups is 1. The molecule has 3 rings (SSSR count). The highest BCUT2D eigenvalue weighted by atomic mass is 32.1. The maximum absolute atomic E-state index is 11.9. The number of nitrogens with one attached hydrogen (secondary N) is 2. The third kappa shape index (κ3) is 3.56. The Morgan fingerprint density at radius 3 is 3.09 bits per heavy atom. The summed E-state index contributed by atoms with van der Waals surface area (Å²) in [6, 6.07) is 5.62. The number of anilines is 1. The predicted octanol–water partition coefficient (Wildman–Crippen LogP) is 3.72. The van der Waals surface area contributed by atoms with Gasteiger partial charge < -0.3 is 15.4 Å². The average Bonchev–Trinajstić information content (AvgIpc) is 3.14. The van der Waals surface area contributed by atoms with Crippen molar-refractivity contribution in [2.24, 2.45) is 0 Å². The van der Waals surface area contributed by atoms with Crippen LogP contribution in [0.25, 0.3) is 10.2 Å². The third-order valence-corrected chi connectivity index (χ3v) is 4.99. The van der Waals surface area contributed by atoms with Crippen LogP contribution < -0.4 is 10.6 Å². The average molecular weight is 319 g/mol. The van der Waals surface area contributed by atoms with Crippen LogP contribution >= 0.6 is 11.3 Å². The maximum Gasteiger partial charge on any atom is 0.319 e. The molecule has 2 heterocycles. The molecular weight excluding hydrogens is 298 g/mol. The molecule has 1 atom stereocenters. The zero-order valence-electron chi connectivity index (χ0n) is 12.9. The molecule has 5 nitrogen and oxygen atoms in total. The first-order valence-electron chi connectivity index (χ1n) is 7.69. The molecule has 1 aromatic carbocycles. The quantitative estimate of drug-likeness (QED) is 0.903. The van der Waals surface area contributed by atoms with E-state index in [0.29, 0.717) is 12.5 Å². The number of carbonyl (C=O) groups excluding carboxylic acids is 1. The van der Waals surface area contributed by atoms with Gasteiger partial charge in [-0.05, 0) is 31.0 Å². The second kappa shape index (κ2) is 6.62. The van der Waals surface area contributed by atoms with Gasteiger partial charge in [0.25, 0.3) is 0 Å². The number of rotatable bonds is 4. The number of hydrogen-bond acceptors (Lipinski definition) is 4. The fraction of sp³-hybridized carbons (Fsp3) is 0.500. The minimum atomic E-state index is -0.191. The van der Waals surface area contributed by atoms with Crippen LogP contribution in [-0.4, -0.2) is 30.3 Å². The number of amides is 2. The summed E-state index contributed by atoms with van der Waals surface area (Å²) in [5.74, 6) is 0.420. The predicted molar refractivity (Wildman–Crippen MR) is 89.7 cm³/mol. The number of benzene rings is 1. The Kier molecular flexibility index (Phi) is 4.59. The Labute approximate surface area is 134 Å². The van der Waals surface area contributed by atoms with Crippen LogP contribution in [-0.2, 0) is 4.74 Å². The summed E-state index contributed by atoms with van der Waals surface area (Å²) in [5.41, 5.74) is 1.77. The molecule has 1 fully saturated rings. The number of thiazole rings is 1. The SMILES string of the molecule is CC(C)c1nc2ccc(NC(=O)NCC3CCCO3)cc2s1. The second-order valence-corrected chi connectivity index (χ2v) is 6.92. The van der Waals surface area contributed by atoms with E-state index in [4.69, 9.17) is 4.74 Å². The monoisotopic (exact) mass is 319 g/mol. The standard InChI is InChI=1S/C16H21N3O2S/c1-10(2)15-19-13-6-5-11(8-14(13)22-15)18-16(20)17-9-12-4-3-7-21-12/h5-6,8,10,12H,3-4,7,9H2,1-2H3,(H2,17,18,20). The van der Waals surface area contributed by atoms with Crippen molar-refractivity contribution in [3.63, 3.8) is 0 Å². The molecule has 0 aliphatic carbocycles. The van der Waals surface area contributed by atoms with Crippen LogP contribution in [0.15, 0.2) is 18.2 Å². The van der Waals surface area contributed by atoms with Gasteiger partial charge in [-0.1, -0.05) is 13.8 Å². The Bertz CT molecular complexity index is 662. The zero-order chi connectivity index (χ0) is 15.5. The molecule has 1 aliphatic rings. The Hall–Kier alpha value is -1.66. The summed E-state index contributed by atoms with van der Waals surface area (Å²) in [7, 11) is 0. The summed E-state index contributed by atoms with van der Waals surface area (Å²) >= 11 is 1.68. The van der Waals surface area contributed by atoms with Crippen LogP contribution in [0.2, 0.25) is 0 Å². The summed E-state index contributed by atoms with van der Waals surface area (Å²) in [5, 5.41) is 6.85. The minimum absolute atomic E-state index is 0.156. The van der Waals surface area contributed by atoms with Crippen LogP contribution in [0, 0.1) is 0 Å². The van der Waals surface area contributed by atoms with Crippen molar-refractivity contribution in [2.75, 3.05) is 18.5 Å². The largest absolute Gasteiger partial charge is 0.376 e. The summed E-state index contributed by atoms with van der Waals surface area (Å²) in [6.07, 6.45) is 2.25. The molecule has 1 unspecified atom stereocenters. The Morgan fingerprint density at radius 1 is 1.50 bits per heavy atom.